The molecular formula is C15H22FNO. The van der Waals surface area contributed by atoms with Gasteiger partial charge in [-0.2, -0.15) is 0 Å². The molecule has 1 aliphatic carbocycles. The van der Waals surface area contributed by atoms with Crippen LogP contribution >= 0.6 is 0 Å². The van der Waals surface area contributed by atoms with Crippen molar-refractivity contribution in [3.8, 4) is 0 Å². The fourth-order valence-corrected chi connectivity index (χ4v) is 2.57. The first-order valence-electron chi connectivity index (χ1n) is 6.73. The van der Waals surface area contributed by atoms with Crippen LogP contribution in [0.3, 0.4) is 0 Å². The van der Waals surface area contributed by atoms with E-state index < -0.39 is 0 Å². The third-order valence-electron chi connectivity index (χ3n) is 3.93. The van der Waals surface area contributed by atoms with Gasteiger partial charge < -0.3 is 10.4 Å². The number of hydrogen-bond donors (Lipinski definition) is 2. The molecule has 0 saturated heterocycles. The maximum absolute atomic E-state index is 13.6. The van der Waals surface area contributed by atoms with Crippen molar-refractivity contribution < 1.29 is 9.50 Å². The molecule has 1 aromatic carbocycles. The summed E-state index contributed by atoms with van der Waals surface area (Å²) in [6.45, 7) is 4.36. The number of rotatable bonds is 5. The normalized spacial score (nSPS) is 24.9. The third-order valence-corrected chi connectivity index (χ3v) is 3.93. The second-order valence-electron chi connectivity index (χ2n) is 5.59. The summed E-state index contributed by atoms with van der Waals surface area (Å²) in [7, 11) is 0. The Morgan fingerprint density at radius 3 is 2.56 bits per heavy atom. The van der Waals surface area contributed by atoms with Gasteiger partial charge in [-0.3, -0.25) is 0 Å². The summed E-state index contributed by atoms with van der Waals surface area (Å²) in [6, 6.07) is 7.59. The molecule has 0 heterocycles. The van der Waals surface area contributed by atoms with Crippen molar-refractivity contribution in [2.24, 2.45) is 5.92 Å². The average Bonchev–Trinajstić information content (AvgIpc) is 2.29. The minimum Gasteiger partial charge on any atom is -0.395 e. The van der Waals surface area contributed by atoms with Crippen LogP contribution in [0.25, 0.3) is 0 Å². The van der Waals surface area contributed by atoms with Crippen molar-refractivity contribution in [1.29, 1.82) is 0 Å². The maximum Gasteiger partial charge on any atom is 0.126 e. The Labute approximate surface area is 108 Å². The Bertz CT molecular complexity index is 388. The molecule has 2 N–H and O–H groups in total. The quantitative estimate of drug-likeness (QED) is 0.843. The van der Waals surface area contributed by atoms with Gasteiger partial charge in [0.1, 0.15) is 5.82 Å². The zero-order valence-electron chi connectivity index (χ0n) is 11.1. The third kappa shape index (κ3) is 2.90. The van der Waals surface area contributed by atoms with Crippen LogP contribution in [-0.2, 0) is 0 Å². The van der Waals surface area contributed by atoms with Crippen LogP contribution in [0.2, 0.25) is 0 Å². The molecule has 0 aromatic heterocycles. The highest BCUT2D eigenvalue weighted by Gasteiger charge is 2.33. The van der Waals surface area contributed by atoms with Gasteiger partial charge in [0.15, 0.2) is 0 Å². The smallest absolute Gasteiger partial charge is 0.126 e. The molecule has 2 rings (SSSR count). The van der Waals surface area contributed by atoms with Crippen molar-refractivity contribution in [2.45, 2.75) is 44.7 Å². The first-order chi connectivity index (χ1) is 8.61. The van der Waals surface area contributed by atoms with Gasteiger partial charge in [0.2, 0.25) is 0 Å². The molecule has 2 nitrogen and oxygen atoms in total. The molecule has 1 fully saturated rings. The van der Waals surface area contributed by atoms with Crippen molar-refractivity contribution in [1.82, 2.24) is 5.32 Å². The van der Waals surface area contributed by atoms with E-state index in [0.717, 1.165) is 18.4 Å². The number of halogens is 1. The molecule has 0 unspecified atom stereocenters. The molecule has 0 spiro atoms. The minimum atomic E-state index is -0.0940. The predicted molar refractivity (Wildman–Crippen MR) is 71.0 cm³/mol. The lowest BCUT2D eigenvalue weighted by molar-refractivity contribution is 0.168. The lowest BCUT2D eigenvalue weighted by Gasteiger charge is -2.39. The van der Waals surface area contributed by atoms with E-state index in [1.807, 2.05) is 12.1 Å². The second-order valence-corrected chi connectivity index (χ2v) is 5.59. The van der Waals surface area contributed by atoms with E-state index >= 15 is 0 Å². The van der Waals surface area contributed by atoms with Gasteiger partial charge in [0, 0.05) is 12.1 Å². The van der Waals surface area contributed by atoms with Crippen LogP contribution in [0.1, 0.15) is 38.2 Å². The van der Waals surface area contributed by atoms with Crippen LogP contribution in [0.4, 0.5) is 4.39 Å². The van der Waals surface area contributed by atoms with Crippen molar-refractivity contribution in [3.05, 3.63) is 35.6 Å². The molecule has 1 aliphatic rings. The van der Waals surface area contributed by atoms with Gasteiger partial charge in [0.05, 0.1) is 6.61 Å². The van der Waals surface area contributed by atoms with Crippen LogP contribution in [0.5, 0.6) is 0 Å². The summed E-state index contributed by atoms with van der Waals surface area (Å²) >= 11 is 0. The number of hydrogen-bond acceptors (Lipinski definition) is 2. The van der Waals surface area contributed by atoms with Crippen molar-refractivity contribution in [3.63, 3.8) is 0 Å². The highest BCUT2D eigenvalue weighted by atomic mass is 19.1. The fourth-order valence-electron chi connectivity index (χ4n) is 2.57. The molecule has 1 atom stereocenters. The molecule has 3 heteroatoms. The molecule has 100 valence electrons. The van der Waals surface area contributed by atoms with E-state index in [0.29, 0.717) is 17.9 Å². The molecule has 0 radical (unpaired) electrons. The van der Waals surface area contributed by atoms with Gasteiger partial charge in [-0.1, -0.05) is 32.0 Å². The van der Waals surface area contributed by atoms with Crippen LogP contribution in [0.15, 0.2) is 24.3 Å². The SMILES string of the molecule is CC(C)[C@@H](CO)NC1CC(c2ccccc2F)C1. The number of benzene rings is 1. The molecule has 0 aliphatic heterocycles. The summed E-state index contributed by atoms with van der Waals surface area (Å²) in [5.74, 6) is 0.654. The Morgan fingerprint density at radius 2 is 2.00 bits per heavy atom. The highest BCUT2D eigenvalue weighted by molar-refractivity contribution is 5.24. The first-order valence-corrected chi connectivity index (χ1v) is 6.73. The van der Waals surface area contributed by atoms with Gasteiger partial charge in [-0.15, -0.1) is 0 Å². The van der Waals surface area contributed by atoms with E-state index in [1.165, 1.54) is 6.07 Å². The first kappa shape index (κ1) is 13.5. The van der Waals surface area contributed by atoms with E-state index in [-0.39, 0.29) is 18.5 Å². The van der Waals surface area contributed by atoms with E-state index in [2.05, 4.69) is 19.2 Å². The van der Waals surface area contributed by atoms with Gasteiger partial charge >= 0.3 is 0 Å². The molecular weight excluding hydrogens is 229 g/mol. The minimum absolute atomic E-state index is 0.0940. The predicted octanol–water partition coefficient (Wildman–Crippen LogP) is 2.68. The van der Waals surface area contributed by atoms with Crippen molar-refractivity contribution in [2.75, 3.05) is 6.61 Å². The zero-order valence-corrected chi connectivity index (χ0v) is 11.1. The molecule has 1 aromatic rings. The largest absolute Gasteiger partial charge is 0.395 e. The molecule has 0 amide bonds. The Morgan fingerprint density at radius 1 is 1.33 bits per heavy atom. The van der Waals surface area contributed by atoms with Gasteiger partial charge in [0.25, 0.3) is 0 Å². The standard InChI is InChI=1S/C15H22FNO/c1-10(2)15(9-18)17-12-7-11(8-12)13-5-3-4-6-14(13)16/h3-6,10-12,15,17-18H,7-9H2,1-2H3/t11?,12?,15-/m1/s1. The summed E-state index contributed by atoms with van der Waals surface area (Å²) in [5.41, 5.74) is 0.834. The number of aliphatic hydroxyl groups excluding tert-OH is 1. The summed E-state index contributed by atoms with van der Waals surface area (Å²) in [5, 5.41) is 12.7. The Kier molecular flexibility index (Phi) is 4.36. The topological polar surface area (TPSA) is 32.3 Å². The van der Waals surface area contributed by atoms with E-state index in [4.69, 9.17) is 0 Å². The van der Waals surface area contributed by atoms with Gasteiger partial charge in [-0.25, -0.2) is 4.39 Å². The van der Waals surface area contributed by atoms with Crippen molar-refractivity contribution >= 4 is 0 Å². The summed E-state index contributed by atoms with van der Waals surface area (Å²) in [4.78, 5) is 0. The molecule has 0 bridgehead atoms. The van der Waals surface area contributed by atoms with Crippen LogP contribution < -0.4 is 5.32 Å². The second kappa shape index (κ2) is 5.81. The lowest BCUT2D eigenvalue weighted by atomic mass is 9.75. The van der Waals surface area contributed by atoms with Gasteiger partial charge in [-0.05, 0) is 36.3 Å². The van der Waals surface area contributed by atoms with E-state index in [1.54, 1.807) is 6.07 Å². The maximum atomic E-state index is 13.6. The van der Waals surface area contributed by atoms with E-state index in [9.17, 15) is 9.50 Å². The molecule has 1 saturated carbocycles. The highest BCUT2D eigenvalue weighted by Crippen LogP contribution is 2.38. The summed E-state index contributed by atoms with van der Waals surface area (Å²) < 4.78 is 13.6. The molecule has 18 heavy (non-hydrogen) atoms. The average molecular weight is 251 g/mol. The fraction of sp³-hybridized carbons (Fsp3) is 0.600. The van der Waals surface area contributed by atoms with Crippen LogP contribution in [-0.4, -0.2) is 23.8 Å². The zero-order chi connectivity index (χ0) is 13.1. The van der Waals surface area contributed by atoms with Crippen LogP contribution in [0, 0.1) is 11.7 Å². The monoisotopic (exact) mass is 251 g/mol. The number of nitrogens with one attached hydrogen (secondary N) is 1. The number of aliphatic hydroxyl groups is 1. The Hall–Kier alpha value is -0.930. The Balaban J connectivity index is 1.86. The summed E-state index contributed by atoms with van der Waals surface area (Å²) in [6.07, 6.45) is 1.92. The lowest BCUT2D eigenvalue weighted by Crippen LogP contribution is -2.49.